The van der Waals surface area contributed by atoms with E-state index in [0.29, 0.717) is 15.4 Å². The third-order valence-corrected chi connectivity index (χ3v) is 4.66. The molecule has 0 atom stereocenters. The monoisotopic (exact) mass is 404 g/mol. The van der Waals surface area contributed by atoms with Gasteiger partial charge in [0.05, 0.1) is 32.7 Å². The number of alkyl halides is 5. The molecule has 0 saturated carbocycles. The Kier molecular flexibility index (Phi) is 5.40. The van der Waals surface area contributed by atoms with Gasteiger partial charge in [0.2, 0.25) is 5.91 Å². The smallest absolute Gasteiger partial charge is 0.323 e. The summed E-state index contributed by atoms with van der Waals surface area (Å²) in [5.41, 5.74) is -0.247. The number of nitrogens with one attached hydrogen (secondary N) is 1. The van der Waals surface area contributed by atoms with Crippen LogP contribution >= 0.6 is 11.3 Å². The number of carbonyl (C=O) groups is 1. The van der Waals surface area contributed by atoms with Crippen LogP contribution in [0.5, 0.6) is 0 Å². The highest BCUT2D eigenvalue weighted by atomic mass is 32.1. The van der Waals surface area contributed by atoms with Crippen molar-refractivity contribution in [1.29, 1.82) is 0 Å². The van der Waals surface area contributed by atoms with Crippen molar-refractivity contribution in [2.45, 2.75) is 32.0 Å². The summed E-state index contributed by atoms with van der Waals surface area (Å²) in [6.45, 7) is -0.568. The summed E-state index contributed by atoms with van der Waals surface area (Å²) >= 11 is 1.22. The summed E-state index contributed by atoms with van der Waals surface area (Å²) < 4.78 is 64.3. The average Bonchev–Trinajstić information content (AvgIpc) is 3.17. The number of benzene rings is 1. The van der Waals surface area contributed by atoms with E-state index in [1.165, 1.54) is 29.8 Å². The van der Waals surface area contributed by atoms with Crippen LogP contribution in [0.15, 0.2) is 30.6 Å². The first-order valence-electron chi connectivity index (χ1n) is 7.78. The summed E-state index contributed by atoms with van der Waals surface area (Å²) in [6, 6.07) is 3.33. The minimum atomic E-state index is -4.44. The number of amides is 1. The van der Waals surface area contributed by atoms with Crippen molar-refractivity contribution in [3.05, 3.63) is 41.2 Å². The number of thiazole rings is 1. The van der Waals surface area contributed by atoms with E-state index in [2.05, 4.69) is 15.4 Å². The topological polar surface area (TPSA) is 59.8 Å². The van der Waals surface area contributed by atoms with Crippen LogP contribution in [0.1, 0.15) is 17.0 Å². The molecule has 3 aromatic rings. The van der Waals surface area contributed by atoms with Crippen molar-refractivity contribution < 1.29 is 26.7 Å². The Morgan fingerprint density at radius 3 is 2.78 bits per heavy atom. The van der Waals surface area contributed by atoms with Gasteiger partial charge in [-0.3, -0.25) is 9.48 Å². The van der Waals surface area contributed by atoms with E-state index in [1.807, 2.05) is 0 Å². The quantitative estimate of drug-likeness (QED) is 0.622. The number of halogens is 5. The predicted octanol–water partition coefficient (Wildman–Crippen LogP) is 4.35. The van der Waals surface area contributed by atoms with Crippen LogP contribution in [0, 0.1) is 0 Å². The standard InChI is InChI=1S/C16H13F5N4OS/c17-13(18)8-25-7-10(6-22-25)23-14(26)3-4-15-24-11-5-9(16(19,20)21)1-2-12(11)27-15/h1-2,5-7,13H,3-4,8H2,(H,23,26). The summed E-state index contributed by atoms with van der Waals surface area (Å²) in [7, 11) is 0. The summed E-state index contributed by atoms with van der Waals surface area (Å²) in [4.78, 5) is 16.1. The van der Waals surface area contributed by atoms with Gasteiger partial charge in [-0.1, -0.05) is 0 Å². The molecule has 0 aliphatic heterocycles. The minimum absolute atomic E-state index is 0.0476. The lowest BCUT2D eigenvalue weighted by Gasteiger charge is -2.04. The maximum Gasteiger partial charge on any atom is 0.416 e. The zero-order chi connectivity index (χ0) is 19.6. The van der Waals surface area contributed by atoms with E-state index in [4.69, 9.17) is 0 Å². The van der Waals surface area contributed by atoms with Gasteiger partial charge < -0.3 is 5.32 Å². The van der Waals surface area contributed by atoms with Crippen LogP contribution in [0.2, 0.25) is 0 Å². The zero-order valence-electron chi connectivity index (χ0n) is 13.6. The molecule has 0 bridgehead atoms. The molecular formula is C16H13F5N4OS. The molecular weight excluding hydrogens is 391 g/mol. The van der Waals surface area contributed by atoms with Crippen molar-refractivity contribution in [3.63, 3.8) is 0 Å². The lowest BCUT2D eigenvalue weighted by molar-refractivity contribution is -0.137. The fourth-order valence-electron chi connectivity index (χ4n) is 2.37. The molecule has 0 unspecified atom stereocenters. The van der Waals surface area contributed by atoms with Gasteiger partial charge >= 0.3 is 6.18 Å². The van der Waals surface area contributed by atoms with E-state index in [-0.39, 0.29) is 24.3 Å². The molecule has 144 valence electrons. The van der Waals surface area contributed by atoms with Gasteiger partial charge in [-0.2, -0.15) is 18.3 Å². The Labute approximate surface area is 153 Å². The van der Waals surface area contributed by atoms with E-state index < -0.39 is 24.7 Å². The molecule has 0 radical (unpaired) electrons. The zero-order valence-corrected chi connectivity index (χ0v) is 14.4. The van der Waals surface area contributed by atoms with Crippen LogP contribution in [0.25, 0.3) is 10.2 Å². The maximum atomic E-state index is 12.7. The van der Waals surface area contributed by atoms with Crippen molar-refractivity contribution >= 4 is 33.1 Å². The largest absolute Gasteiger partial charge is 0.416 e. The van der Waals surface area contributed by atoms with Gasteiger partial charge in [0.15, 0.2) is 0 Å². The molecule has 2 heterocycles. The number of nitrogens with zero attached hydrogens (tertiary/aromatic N) is 3. The van der Waals surface area contributed by atoms with E-state index >= 15 is 0 Å². The van der Waals surface area contributed by atoms with Gasteiger partial charge in [-0.25, -0.2) is 13.8 Å². The molecule has 11 heteroatoms. The summed E-state index contributed by atoms with van der Waals surface area (Å²) in [6.07, 6.45) is -4.14. The third-order valence-electron chi connectivity index (χ3n) is 3.57. The molecule has 2 aromatic heterocycles. The Hall–Kier alpha value is -2.56. The van der Waals surface area contributed by atoms with E-state index in [9.17, 15) is 26.7 Å². The first-order valence-corrected chi connectivity index (χ1v) is 8.59. The first-order chi connectivity index (χ1) is 12.7. The van der Waals surface area contributed by atoms with Crippen molar-refractivity contribution in [3.8, 4) is 0 Å². The second-order valence-corrected chi connectivity index (χ2v) is 6.79. The number of anilines is 1. The van der Waals surface area contributed by atoms with Crippen molar-refractivity contribution in [2.24, 2.45) is 0 Å². The molecule has 3 rings (SSSR count). The van der Waals surface area contributed by atoms with Crippen LogP contribution in [-0.4, -0.2) is 27.1 Å². The number of hydrogen-bond acceptors (Lipinski definition) is 4. The van der Waals surface area contributed by atoms with Gasteiger partial charge in [0, 0.05) is 19.0 Å². The summed E-state index contributed by atoms with van der Waals surface area (Å²) in [5, 5.41) is 6.77. The number of hydrogen-bond donors (Lipinski definition) is 1. The first kappa shape index (κ1) is 19.2. The van der Waals surface area contributed by atoms with Gasteiger partial charge in [-0.05, 0) is 18.2 Å². The number of aromatic nitrogens is 3. The fourth-order valence-corrected chi connectivity index (χ4v) is 3.32. The van der Waals surface area contributed by atoms with Crippen LogP contribution in [0.4, 0.5) is 27.6 Å². The number of carbonyl (C=O) groups excluding carboxylic acids is 1. The van der Waals surface area contributed by atoms with Crippen LogP contribution < -0.4 is 5.32 Å². The normalized spacial score (nSPS) is 12.1. The van der Waals surface area contributed by atoms with Crippen molar-refractivity contribution in [1.82, 2.24) is 14.8 Å². The van der Waals surface area contributed by atoms with Crippen LogP contribution in [0.3, 0.4) is 0 Å². The molecule has 0 spiro atoms. The Morgan fingerprint density at radius 1 is 1.30 bits per heavy atom. The molecule has 0 fully saturated rings. The number of rotatable bonds is 6. The third kappa shape index (κ3) is 5.00. The highest BCUT2D eigenvalue weighted by Crippen LogP contribution is 2.33. The molecule has 1 N–H and O–H groups in total. The SMILES string of the molecule is O=C(CCc1nc2cc(C(F)(F)F)ccc2s1)Nc1cnn(CC(F)F)c1. The Morgan fingerprint density at radius 2 is 2.07 bits per heavy atom. The molecule has 5 nitrogen and oxygen atoms in total. The Balaban J connectivity index is 1.59. The highest BCUT2D eigenvalue weighted by Gasteiger charge is 2.30. The van der Waals surface area contributed by atoms with Gasteiger partial charge in [-0.15, -0.1) is 11.3 Å². The van der Waals surface area contributed by atoms with Gasteiger partial charge in [0.1, 0.15) is 6.54 Å². The van der Waals surface area contributed by atoms with E-state index in [0.717, 1.165) is 16.8 Å². The molecule has 1 amide bonds. The fraction of sp³-hybridized carbons (Fsp3) is 0.312. The molecule has 27 heavy (non-hydrogen) atoms. The predicted molar refractivity (Wildman–Crippen MR) is 89.8 cm³/mol. The average molecular weight is 404 g/mol. The molecule has 0 saturated heterocycles. The Bertz CT molecular complexity index is 950. The van der Waals surface area contributed by atoms with Gasteiger partial charge in [0.25, 0.3) is 6.43 Å². The number of fused-ring (bicyclic) bond motifs is 1. The number of aryl methyl sites for hydroxylation is 1. The second kappa shape index (κ2) is 7.59. The lowest BCUT2D eigenvalue weighted by Crippen LogP contribution is -2.12. The molecule has 1 aromatic carbocycles. The highest BCUT2D eigenvalue weighted by molar-refractivity contribution is 7.18. The maximum absolute atomic E-state index is 12.7. The lowest BCUT2D eigenvalue weighted by atomic mass is 10.2. The molecule has 0 aliphatic rings. The van der Waals surface area contributed by atoms with Crippen LogP contribution in [-0.2, 0) is 23.9 Å². The molecule has 0 aliphatic carbocycles. The van der Waals surface area contributed by atoms with Crippen molar-refractivity contribution in [2.75, 3.05) is 5.32 Å². The minimum Gasteiger partial charge on any atom is -0.323 e. The summed E-state index contributed by atoms with van der Waals surface area (Å²) in [5.74, 6) is -0.373. The van der Waals surface area contributed by atoms with E-state index in [1.54, 1.807) is 0 Å². The second-order valence-electron chi connectivity index (χ2n) is 5.68.